The number of hydrogen-bond donors (Lipinski definition) is 2. The highest BCUT2D eigenvalue weighted by atomic mass is 16.3. The van der Waals surface area contributed by atoms with E-state index in [4.69, 9.17) is 0 Å². The number of rotatable bonds is 6. The van der Waals surface area contributed by atoms with Crippen LogP contribution in [0.1, 0.15) is 22.3 Å². The second kappa shape index (κ2) is 9.02. The highest BCUT2D eigenvalue weighted by molar-refractivity contribution is 6.00. The van der Waals surface area contributed by atoms with E-state index in [1.54, 1.807) is 0 Å². The van der Waals surface area contributed by atoms with Crippen LogP contribution in [-0.2, 0) is 23.5 Å². The van der Waals surface area contributed by atoms with E-state index in [0.717, 1.165) is 11.1 Å². The average molecular weight is 435 g/mol. The quantitative estimate of drug-likeness (QED) is 0.452. The highest BCUT2D eigenvalue weighted by Crippen LogP contribution is 2.43. The highest BCUT2D eigenvalue weighted by Gasteiger charge is 2.51. The molecule has 4 aromatic carbocycles. The van der Waals surface area contributed by atoms with E-state index in [-0.39, 0.29) is 5.91 Å². The first-order chi connectivity index (χ1) is 16.2. The molecule has 0 saturated carbocycles. The summed E-state index contributed by atoms with van der Waals surface area (Å²) >= 11 is 0. The van der Waals surface area contributed by atoms with Gasteiger partial charge in [0.15, 0.2) is 0 Å². The lowest BCUT2D eigenvalue weighted by Gasteiger charge is -2.46. The molecule has 0 unspecified atom stereocenters. The Balaban J connectivity index is 1.66. The van der Waals surface area contributed by atoms with Gasteiger partial charge in [-0.05, 0) is 22.8 Å². The zero-order valence-corrected chi connectivity index (χ0v) is 18.3. The van der Waals surface area contributed by atoms with Gasteiger partial charge in [-0.3, -0.25) is 9.69 Å². The Morgan fingerprint density at radius 2 is 1.18 bits per heavy atom. The van der Waals surface area contributed by atoms with E-state index >= 15 is 0 Å². The first-order valence-electron chi connectivity index (χ1n) is 11.2. The van der Waals surface area contributed by atoms with Crippen LogP contribution in [0.15, 0.2) is 115 Å². The van der Waals surface area contributed by atoms with E-state index in [1.165, 1.54) is 0 Å². The molecule has 2 N–H and O–H groups in total. The van der Waals surface area contributed by atoms with Gasteiger partial charge < -0.3 is 10.4 Å². The summed E-state index contributed by atoms with van der Waals surface area (Å²) in [4.78, 5) is 15.7. The predicted molar refractivity (Wildman–Crippen MR) is 130 cm³/mol. The Hall–Kier alpha value is -3.73. The summed E-state index contributed by atoms with van der Waals surface area (Å²) in [6, 6.07) is 36.3. The maximum atomic E-state index is 13.7. The summed E-state index contributed by atoms with van der Waals surface area (Å²) in [5.41, 5.74) is 2.69. The molecule has 2 atom stereocenters. The minimum atomic E-state index is -1.51. The first kappa shape index (κ1) is 21.1. The van der Waals surface area contributed by atoms with E-state index in [9.17, 15) is 9.90 Å². The third-order valence-corrected chi connectivity index (χ3v) is 6.28. The number of hydrogen-bond acceptors (Lipinski definition) is 3. The molecule has 0 aromatic heterocycles. The lowest BCUT2D eigenvalue weighted by molar-refractivity contribution is -0.132. The number of carbonyl (C=O) groups is 1. The molecule has 0 fully saturated rings. The molecule has 5 rings (SSSR count). The van der Waals surface area contributed by atoms with Crippen LogP contribution < -0.4 is 5.32 Å². The third-order valence-electron chi connectivity index (χ3n) is 6.28. The molecular formula is C29H26N2O2. The number of fused-ring (bicyclic) bond motifs is 1. The van der Waals surface area contributed by atoms with E-state index < -0.39 is 11.6 Å². The number of nitrogens with zero attached hydrogens (tertiary/aromatic N) is 1. The maximum Gasteiger partial charge on any atom is 0.245 e. The molecule has 0 saturated heterocycles. The molecule has 0 spiro atoms. The largest absolute Gasteiger partial charge is 0.378 e. The Morgan fingerprint density at radius 3 is 1.76 bits per heavy atom. The maximum absolute atomic E-state index is 13.7. The standard InChI is InChI=1S/C29H26N2O2/c32-28-27(31(20-22-12-4-1-5-13-22)21-23-14-6-2-7-15-23)29(33,24-16-8-3-9-17-24)25-18-10-11-19-26(25)30-28/h1-19,27,33H,20-21H2,(H,30,32)/t27-,29+/m0/s1. The molecule has 4 aromatic rings. The summed E-state index contributed by atoms with van der Waals surface area (Å²) < 4.78 is 0. The molecule has 164 valence electrons. The van der Waals surface area contributed by atoms with Crippen LogP contribution in [-0.4, -0.2) is 22.0 Å². The molecule has 4 heteroatoms. The normalized spacial score (nSPS) is 19.7. The fraction of sp³-hybridized carbons (Fsp3) is 0.138. The molecule has 1 aliphatic rings. The van der Waals surface area contributed by atoms with Gasteiger partial charge >= 0.3 is 0 Å². The van der Waals surface area contributed by atoms with Crippen molar-refractivity contribution < 1.29 is 9.90 Å². The van der Waals surface area contributed by atoms with Crippen molar-refractivity contribution in [1.29, 1.82) is 0 Å². The fourth-order valence-corrected chi connectivity index (χ4v) is 4.77. The van der Waals surface area contributed by atoms with Crippen LogP contribution in [0.3, 0.4) is 0 Å². The van der Waals surface area contributed by atoms with Crippen molar-refractivity contribution in [2.24, 2.45) is 0 Å². The molecule has 4 nitrogen and oxygen atoms in total. The van der Waals surface area contributed by atoms with Crippen molar-refractivity contribution in [1.82, 2.24) is 4.90 Å². The van der Waals surface area contributed by atoms with E-state index in [2.05, 4.69) is 10.2 Å². The van der Waals surface area contributed by atoms with Gasteiger partial charge in [-0.2, -0.15) is 0 Å². The van der Waals surface area contributed by atoms with Crippen LogP contribution in [0.2, 0.25) is 0 Å². The predicted octanol–water partition coefficient (Wildman–Crippen LogP) is 4.95. The number of anilines is 1. The SMILES string of the molecule is O=C1Nc2ccccc2[C@](O)(c2ccccc2)[C@H]1N(Cc1ccccc1)Cc1ccccc1. The molecule has 0 aliphatic carbocycles. The Morgan fingerprint density at radius 1 is 0.697 bits per heavy atom. The monoisotopic (exact) mass is 434 g/mol. The Bertz CT molecular complexity index is 1190. The topological polar surface area (TPSA) is 52.6 Å². The lowest BCUT2D eigenvalue weighted by Crippen LogP contribution is -2.59. The van der Waals surface area contributed by atoms with Gasteiger partial charge in [0.2, 0.25) is 5.91 Å². The summed E-state index contributed by atoms with van der Waals surface area (Å²) in [6.07, 6.45) is 0. The summed E-state index contributed by atoms with van der Waals surface area (Å²) in [6.45, 7) is 1.04. The van der Waals surface area contributed by atoms with Crippen LogP contribution in [0.5, 0.6) is 0 Å². The van der Waals surface area contributed by atoms with Crippen molar-refractivity contribution in [3.63, 3.8) is 0 Å². The van der Waals surface area contributed by atoms with Crippen LogP contribution >= 0.6 is 0 Å². The fourth-order valence-electron chi connectivity index (χ4n) is 4.77. The molecular weight excluding hydrogens is 408 g/mol. The van der Waals surface area contributed by atoms with Gasteiger partial charge in [-0.15, -0.1) is 0 Å². The third kappa shape index (κ3) is 4.07. The second-order valence-electron chi connectivity index (χ2n) is 8.45. The van der Waals surface area contributed by atoms with Gasteiger partial charge in [0.05, 0.1) is 0 Å². The molecule has 1 heterocycles. The number of para-hydroxylation sites is 1. The molecule has 0 radical (unpaired) electrons. The Labute approximate surface area is 194 Å². The average Bonchev–Trinajstić information content (AvgIpc) is 2.86. The molecule has 1 aliphatic heterocycles. The minimum absolute atomic E-state index is 0.216. The van der Waals surface area contributed by atoms with Crippen LogP contribution in [0.25, 0.3) is 0 Å². The van der Waals surface area contributed by atoms with Crippen molar-refractivity contribution in [2.75, 3.05) is 5.32 Å². The van der Waals surface area contributed by atoms with Crippen LogP contribution in [0.4, 0.5) is 5.69 Å². The smallest absolute Gasteiger partial charge is 0.245 e. The number of benzene rings is 4. The molecule has 0 bridgehead atoms. The summed E-state index contributed by atoms with van der Waals surface area (Å²) in [7, 11) is 0. The first-order valence-corrected chi connectivity index (χ1v) is 11.2. The van der Waals surface area contributed by atoms with E-state index in [0.29, 0.717) is 29.9 Å². The Kier molecular flexibility index (Phi) is 5.78. The second-order valence-corrected chi connectivity index (χ2v) is 8.45. The van der Waals surface area contributed by atoms with E-state index in [1.807, 2.05) is 115 Å². The summed E-state index contributed by atoms with van der Waals surface area (Å²) in [5.74, 6) is -0.216. The number of nitrogens with one attached hydrogen (secondary N) is 1. The zero-order valence-electron chi connectivity index (χ0n) is 18.3. The van der Waals surface area contributed by atoms with Gasteiger partial charge in [0.25, 0.3) is 0 Å². The zero-order chi connectivity index (χ0) is 22.7. The van der Waals surface area contributed by atoms with Gasteiger partial charge in [-0.25, -0.2) is 0 Å². The molecule has 33 heavy (non-hydrogen) atoms. The molecule has 1 amide bonds. The van der Waals surface area contributed by atoms with Gasteiger partial charge in [0.1, 0.15) is 11.6 Å². The lowest BCUT2D eigenvalue weighted by atomic mass is 9.75. The number of carbonyl (C=O) groups excluding carboxylic acids is 1. The van der Waals surface area contributed by atoms with Crippen molar-refractivity contribution >= 4 is 11.6 Å². The summed E-state index contributed by atoms with van der Waals surface area (Å²) in [5, 5.41) is 15.5. The van der Waals surface area contributed by atoms with Crippen LogP contribution in [0, 0.1) is 0 Å². The van der Waals surface area contributed by atoms with Crippen molar-refractivity contribution in [3.8, 4) is 0 Å². The van der Waals surface area contributed by atoms with Crippen molar-refractivity contribution in [3.05, 3.63) is 138 Å². The number of amides is 1. The number of aliphatic hydroxyl groups is 1. The van der Waals surface area contributed by atoms with Gasteiger partial charge in [0, 0.05) is 24.3 Å². The van der Waals surface area contributed by atoms with Crippen molar-refractivity contribution in [2.45, 2.75) is 24.7 Å². The minimum Gasteiger partial charge on any atom is -0.378 e. The van der Waals surface area contributed by atoms with Gasteiger partial charge in [-0.1, -0.05) is 109 Å².